The number of Topliss-reactive ketones (excluding diaryl/α,β-unsaturated/α-hetero) is 1. The van der Waals surface area contributed by atoms with Gasteiger partial charge in [-0.2, -0.15) is 0 Å². The van der Waals surface area contributed by atoms with Gasteiger partial charge in [0.05, 0.1) is 12.6 Å². The summed E-state index contributed by atoms with van der Waals surface area (Å²) in [5, 5.41) is 2.91. The molecular formula is C23H27NO5. The molecule has 2 atom stereocenters. The van der Waals surface area contributed by atoms with Crippen LogP contribution >= 0.6 is 0 Å². The van der Waals surface area contributed by atoms with E-state index < -0.39 is 28.6 Å². The molecule has 0 spiro atoms. The first kappa shape index (κ1) is 20.8. The molecule has 1 N–H and O–H groups in total. The lowest BCUT2D eigenvalue weighted by molar-refractivity contribution is -0.150. The number of carbonyl (C=O) groups excluding carboxylic acids is 3. The largest absolute Gasteiger partial charge is 0.468 e. The Labute approximate surface area is 171 Å². The highest BCUT2D eigenvalue weighted by Crippen LogP contribution is 2.45. The molecule has 2 aliphatic rings. The highest BCUT2D eigenvalue weighted by molar-refractivity contribution is 6.16. The molecule has 0 heterocycles. The van der Waals surface area contributed by atoms with Gasteiger partial charge in [0.15, 0.2) is 5.78 Å². The fourth-order valence-electron chi connectivity index (χ4n) is 4.11. The molecule has 3 rings (SSSR count). The van der Waals surface area contributed by atoms with Gasteiger partial charge < -0.3 is 14.8 Å². The molecule has 1 aromatic rings. The Kier molecular flexibility index (Phi) is 5.39. The molecule has 0 fully saturated rings. The number of carbonyl (C=O) groups is 3. The second kappa shape index (κ2) is 7.50. The average Bonchev–Trinajstić information content (AvgIpc) is 2.93. The maximum atomic E-state index is 13.4. The van der Waals surface area contributed by atoms with Gasteiger partial charge in [-0.05, 0) is 45.6 Å². The summed E-state index contributed by atoms with van der Waals surface area (Å²) in [7, 11) is 1.28. The van der Waals surface area contributed by atoms with E-state index in [0.717, 1.165) is 5.56 Å². The van der Waals surface area contributed by atoms with Gasteiger partial charge in [0, 0.05) is 5.56 Å². The van der Waals surface area contributed by atoms with Gasteiger partial charge in [-0.1, -0.05) is 48.6 Å². The number of rotatable bonds is 4. The number of ether oxygens (including phenoxy) is 2. The molecule has 0 unspecified atom stereocenters. The SMILES string of the molecule is COC(=O)[C@@]1(C[C@]2(NC(=O)OC(C)(C)C)C=CC=CC2)Cc2ccccc2C1=O. The molecule has 1 amide bonds. The number of alkyl carbamates (subject to hydrolysis) is 1. The van der Waals surface area contributed by atoms with Gasteiger partial charge in [0.2, 0.25) is 0 Å². The number of allylic oxidation sites excluding steroid dienone is 2. The maximum absolute atomic E-state index is 13.4. The quantitative estimate of drug-likeness (QED) is 0.618. The van der Waals surface area contributed by atoms with Crippen LogP contribution in [0.1, 0.15) is 49.5 Å². The summed E-state index contributed by atoms with van der Waals surface area (Å²) in [5.74, 6) is -0.861. The molecule has 0 radical (unpaired) electrons. The summed E-state index contributed by atoms with van der Waals surface area (Å²) >= 11 is 0. The van der Waals surface area contributed by atoms with Crippen LogP contribution in [0.3, 0.4) is 0 Å². The minimum absolute atomic E-state index is 0.0836. The maximum Gasteiger partial charge on any atom is 0.408 e. The van der Waals surface area contributed by atoms with Crippen LogP contribution in [0.4, 0.5) is 4.79 Å². The van der Waals surface area contributed by atoms with Crippen molar-refractivity contribution in [2.24, 2.45) is 5.41 Å². The van der Waals surface area contributed by atoms with E-state index >= 15 is 0 Å². The number of amides is 1. The van der Waals surface area contributed by atoms with E-state index in [1.54, 1.807) is 39.0 Å². The summed E-state index contributed by atoms with van der Waals surface area (Å²) in [5.41, 5.74) is -1.67. The van der Waals surface area contributed by atoms with Crippen molar-refractivity contribution < 1.29 is 23.9 Å². The first-order valence-corrected chi connectivity index (χ1v) is 9.68. The van der Waals surface area contributed by atoms with Crippen molar-refractivity contribution in [2.75, 3.05) is 7.11 Å². The van der Waals surface area contributed by atoms with E-state index in [4.69, 9.17) is 9.47 Å². The highest BCUT2D eigenvalue weighted by Gasteiger charge is 2.56. The van der Waals surface area contributed by atoms with Gasteiger partial charge in [0.25, 0.3) is 0 Å². The normalized spacial score (nSPS) is 25.4. The summed E-state index contributed by atoms with van der Waals surface area (Å²) in [6.45, 7) is 5.34. The minimum Gasteiger partial charge on any atom is -0.468 e. The van der Waals surface area contributed by atoms with E-state index in [0.29, 0.717) is 12.0 Å². The van der Waals surface area contributed by atoms with E-state index in [-0.39, 0.29) is 18.6 Å². The Morgan fingerprint density at radius 2 is 1.90 bits per heavy atom. The zero-order valence-corrected chi connectivity index (χ0v) is 17.3. The van der Waals surface area contributed by atoms with Gasteiger partial charge in [-0.15, -0.1) is 0 Å². The van der Waals surface area contributed by atoms with Crippen LogP contribution in [-0.4, -0.2) is 36.1 Å². The highest BCUT2D eigenvalue weighted by atomic mass is 16.6. The predicted octanol–water partition coefficient (Wildman–Crippen LogP) is 3.75. The van der Waals surface area contributed by atoms with E-state index in [9.17, 15) is 14.4 Å². The Hall–Kier alpha value is -2.89. The average molecular weight is 397 g/mol. The van der Waals surface area contributed by atoms with Crippen LogP contribution in [-0.2, 0) is 20.7 Å². The topological polar surface area (TPSA) is 81.7 Å². The van der Waals surface area contributed by atoms with Gasteiger partial charge in [-0.25, -0.2) is 4.79 Å². The molecule has 0 aromatic heterocycles. The standard InChI is InChI=1S/C23H27NO5/c1-21(2,3)29-20(27)24-22(12-8-5-9-13-22)15-23(19(26)28-4)14-16-10-6-7-11-17(16)18(23)25/h5-12H,13-15H2,1-4H3,(H,24,27)/t22-,23+/m0/s1. The van der Waals surface area contributed by atoms with Gasteiger partial charge in [-0.3, -0.25) is 9.59 Å². The number of methoxy groups -OCH3 is 1. The third-order valence-corrected chi connectivity index (χ3v) is 5.28. The fraction of sp³-hybridized carbons (Fsp3) is 0.435. The Morgan fingerprint density at radius 3 is 2.48 bits per heavy atom. The molecule has 6 heteroatoms. The Bertz CT molecular complexity index is 895. The smallest absolute Gasteiger partial charge is 0.408 e. The van der Waals surface area contributed by atoms with Crippen LogP contribution in [0.2, 0.25) is 0 Å². The lowest BCUT2D eigenvalue weighted by Crippen LogP contribution is -2.55. The minimum atomic E-state index is -1.40. The Morgan fingerprint density at radius 1 is 1.17 bits per heavy atom. The lowest BCUT2D eigenvalue weighted by atomic mass is 9.70. The summed E-state index contributed by atoms with van der Waals surface area (Å²) in [4.78, 5) is 38.8. The van der Waals surface area contributed by atoms with E-state index in [2.05, 4.69) is 5.32 Å². The van der Waals surface area contributed by atoms with Crippen LogP contribution in [0.25, 0.3) is 0 Å². The predicted molar refractivity (Wildman–Crippen MR) is 109 cm³/mol. The molecule has 2 aliphatic carbocycles. The first-order valence-electron chi connectivity index (χ1n) is 9.68. The molecule has 0 saturated carbocycles. The number of hydrogen-bond donors (Lipinski definition) is 1. The van der Waals surface area contributed by atoms with Gasteiger partial charge >= 0.3 is 12.1 Å². The second-order valence-corrected chi connectivity index (χ2v) is 8.69. The third-order valence-electron chi connectivity index (χ3n) is 5.28. The fourth-order valence-corrected chi connectivity index (χ4v) is 4.11. The number of benzene rings is 1. The number of nitrogens with one attached hydrogen (secondary N) is 1. The van der Waals surface area contributed by atoms with Crippen molar-refractivity contribution in [3.63, 3.8) is 0 Å². The van der Waals surface area contributed by atoms with Crippen LogP contribution in [0.15, 0.2) is 48.6 Å². The zero-order valence-electron chi connectivity index (χ0n) is 17.3. The number of fused-ring (bicyclic) bond motifs is 1. The van der Waals surface area contributed by atoms with Crippen molar-refractivity contribution >= 4 is 17.8 Å². The van der Waals surface area contributed by atoms with Crippen molar-refractivity contribution in [3.05, 3.63) is 59.7 Å². The molecule has 29 heavy (non-hydrogen) atoms. The summed E-state index contributed by atoms with van der Waals surface area (Å²) < 4.78 is 10.5. The molecule has 0 bridgehead atoms. The van der Waals surface area contributed by atoms with Crippen molar-refractivity contribution in [1.29, 1.82) is 0 Å². The number of hydrogen-bond acceptors (Lipinski definition) is 5. The Balaban J connectivity index is 1.97. The van der Waals surface area contributed by atoms with Crippen molar-refractivity contribution in [2.45, 2.75) is 51.2 Å². The van der Waals surface area contributed by atoms with E-state index in [1.807, 2.05) is 30.4 Å². The number of esters is 1. The molecule has 154 valence electrons. The lowest BCUT2D eigenvalue weighted by Gasteiger charge is -2.39. The first-order chi connectivity index (χ1) is 13.6. The second-order valence-electron chi connectivity index (χ2n) is 8.69. The monoisotopic (exact) mass is 397 g/mol. The molecule has 0 aliphatic heterocycles. The summed E-state index contributed by atoms with van der Waals surface area (Å²) in [6, 6.07) is 7.20. The molecular weight excluding hydrogens is 370 g/mol. The summed E-state index contributed by atoms with van der Waals surface area (Å²) in [6.07, 6.45) is 7.55. The number of ketones is 1. The third kappa shape index (κ3) is 4.11. The zero-order chi connectivity index (χ0) is 21.3. The molecule has 1 aromatic carbocycles. The van der Waals surface area contributed by atoms with Crippen molar-refractivity contribution in [3.8, 4) is 0 Å². The van der Waals surface area contributed by atoms with Crippen LogP contribution < -0.4 is 5.32 Å². The molecule has 6 nitrogen and oxygen atoms in total. The van der Waals surface area contributed by atoms with Gasteiger partial charge in [0.1, 0.15) is 11.0 Å². The van der Waals surface area contributed by atoms with Crippen molar-refractivity contribution in [1.82, 2.24) is 5.32 Å². The van der Waals surface area contributed by atoms with E-state index in [1.165, 1.54) is 7.11 Å². The van der Waals surface area contributed by atoms with Crippen LogP contribution in [0.5, 0.6) is 0 Å². The molecule has 0 saturated heterocycles. The van der Waals surface area contributed by atoms with Crippen LogP contribution in [0, 0.1) is 5.41 Å².